The number of para-hydroxylation sites is 1. The Morgan fingerprint density at radius 1 is 1.47 bits per heavy atom. The molecule has 0 bridgehead atoms. The zero-order valence-electron chi connectivity index (χ0n) is 9.80. The van der Waals surface area contributed by atoms with Gasteiger partial charge in [-0.2, -0.15) is 9.78 Å². The van der Waals surface area contributed by atoms with Gasteiger partial charge >= 0.3 is 6.03 Å². The van der Waals surface area contributed by atoms with Crippen LogP contribution >= 0.6 is 0 Å². The number of hydrogen-bond acceptors (Lipinski definition) is 2. The number of halogens is 1. The molecule has 1 aromatic heterocycles. The lowest BCUT2D eigenvalue weighted by atomic mass is 10.2. The van der Waals surface area contributed by atoms with Crippen molar-refractivity contribution in [2.75, 3.05) is 6.80 Å². The smallest absolute Gasteiger partial charge is 0.292 e. The highest BCUT2D eigenvalue weighted by Crippen LogP contribution is 2.14. The molecule has 5 heteroatoms. The molecule has 0 aliphatic carbocycles. The number of benzene rings is 1. The van der Waals surface area contributed by atoms with Crippen molar-refractivity contribution in [1.82, 2.24) is 14.7 Å². The Kier molecular flexibility index (Phi) is 3.08. The second-order valence-electron chi connectivity index (χ2n) is 4.08. The monoisotopic (exact) mass is 235 g/mol. The van der Waals surface area contributed by atoms with Gasteiger partial charge in [0.05, 0.1) is 11.7 Å². The molecule has 1 heterocycles. The Bertz CT molecular complexity index is 535. The number of carbonyl (C=O) groups is 1. The standard InChI is InChI=1S/C12H14FN3O/c1-9(2)15(8-13)12(17)16-11-6-4-3-5-10(11)7-14-16/h3-7,9H,8H2,1-2H3. The predicted molar refractivity (Wildman–Crippen MR) is 63.5 cm³/mol. The van der Waals surface area contributed by atoms with Crippen LogP contribution in [0.1, 0.15) is 13.8 Å². The van der Waals surface area contributed by atoms with Gasteiger partial charge in [-0.15, -0.1) is 0 Å². The van der Waals surface area contributed by atoms with Gasteiger partial charge in [0.15, 0.2) is 6.80 Å². The molecule has 0 radical (unpaired) electrons. The number of aromatic nitrogens is 2. The topological polar surface area (TPSA) is 38.1 Å². The van der Waals surface area contributed by atoms with Crippen molar-refractivity contribution in [1.29, 1.82) is 0 Å². The highest BCUT2D eigenvalue weighted by Gasteiger charge is 2.20. The summed E-state index contributed by atoms with van der Waals surface area (Å²) in [5, 5.41) is 4.87. The summed E-state index contributed by atoms with van der Waals surface area (Å²) in [4.78, 5) is 13.2. The second-order valence-corrected chi connectivity index (χ2v) is 4.08. The first-order valence-electron chi connectivity index (χ1n) is 5.45. The van der Waals surface area contributed by atoms with Crippen LogP contribution in [0.25, 0.3) is 10.9 Å². The molecule has 0 N–H and O–H groups in total. The van der Waals surface area contributed by atoms with Gasteiger partial charge in [-0.3, -0.25) is 4.90 Å². The molecule has 0 fully saturated rings. The number of fused-ring (bicyclic) bond motifs is 1. The molecule has 0 aliphatic rings. The average Bonchev–Trinajstić information content (AvgIpc) is 2.72. The molecule has 1 amide bonds. The lowest BCUT2D eigenvalue weighted by Gasteiger charge is -2.22. The molecule has 0 saturated carbocycles. The van der Waals surface area contributed by atoms with Crippen LogP contribution < -0.4 is 0 Å². The zero-order valence-corrected chi connectivity index (χ0v) is 9.80. The van der Waals surface area contributed by atoms with Crippen molar-refractivity contribution < 1.29 is 9.18 Å². The maximum atomic E-state index is 12.8. The third-order valence-corrected chi connectivity index (χ3v) is 2.66. The summed E-state index contributed by atoms with van der Waals surface area (Å²) in [6.45, 7) is 2.72. The second kappa shape index (κ2) is 4.53. The summed E-state index contributed by atoms with van der Waals surface area (Å²) >= 11 is 0. The highest BCUT2D eigenvalue weighted by atomic mass is 19.1. The molecular formula is C12H14FN3O. The summed E-state index contributed by atoms with van der Waals surface area (Å²) in [5.41, 5.74) is 0.691. The Morgan fingerprint density at radius 2 is 2.18 bits per heavy atom. The molecular weight excluding hydrogens is 221 g/mol. The van der Waals surface area contributed by atoms with E-state index < -0.39 is 12.8 Å². The summed E-state index contributed by atoms with van der Waals surface area (Å²) in [5.74, 6) is 0. The van der Waals surface area contributed by atoms with Crippen LogP contribution in [-0.2, 0) is 0 Å². The molecule has 17 heavy (non-hydrogen) atoms. The minimum absolute atomic E-state index is 0.199. The first kappa shape index (κ1) is 11.6. The number of rotatable bonds is 2. The molecule has 0 saturated heterocycles. The van der Waals surface area contributed by atoms with Gasteiger partial charge in [0.2, 0.25) is 0 Å². The van der Waals surface area contributed by atoms with Gasteiger partial charge in [0, 0.05) is 11.4 Å². The predicted octanol–water partition coefficient (Wildman–Crippen LogP) is 2.64. The normalized spacial score (nSPS) is 11.1. The molecule has 0 spiro atoms. The minimum atomic E-state index is -0.815. The number of nitrogens with zero attached hydrogens (tertiary/aromatic N) is 3. The highest BCUT2D eigenvalue weighted by molar-refractivity contribution is 5.89. The van der Waals surface area contributed by atoms with Crippen molar-refractivity contribution >= 4 is 16.9 Å². The van der Waals surface area contributed by atoms with Gasteiger partial charge in [0.25, 0.3) is 0 Å². The van der Waals surface area contributed by atoms with E-state index in [1.807, 2.05) is 18.2 Å². The van der Waals surface area contributed by atoms with Gasteiger partial charge in [-0.05, 0) is 19.9 Å². The number of amides is 1. The molecule has 2 rings (SSSR count). The summed E-state index contributed by atoms with van der Waals surface area (Å²) in [7, 11) is 0. The maximum Gasteiger partial charge on any atom is 0.347 e. The third-order valence-electron chi connectivity index (χ3n) is 2.66. The summed E-state index contributed by atoms with van der Waals surface area (Å²) < 4.78 is 14.0. The fourth-order valence-electron chi connectivity index (χ4n) is 1.66. The third kappa shape index (κ3) is 2.00. The lowest BCUT2D eigenvalue weighted by molar-refractivity contribution is 0.150. The molecule has 90 valence electrons. The number of carbonyl (C=O) groups excluding carboxylic acids is 1. The average molecular weight is 235 g/mol. The van der Waals surface area contributed by atoms with Crippen LogP contribution in [0.5, 0.6) is 0 Å². The van der Waals surface area contributed by atoms with E-state index in [0.717, 1.165) is 10.3 Å². The van der Waals surface area contributed by atoms with Crippen molar-refractivity contribution in [3.05, 3.63) is 30.5 Å². The van der Waals surface area contributed by atoms with E-state index in [1.165, 1.54) is 4.68 Å². The largest absolute Gasteiger partial charge is 0.347 e. The number of alkyl halides is 1. The Balaban J connectivity index is 2.43. The van der Waals surface area contributed by atoms with E-state index in [2.05, 4.69) is 5.10 Å². The fraction of sp³-hybridized carbons (Fsp3) is 0.333. The van der Waals surface area contributed by atoms with E-state index >= 15 is 0 Å². The van der Waals surface area contributed by atoms with E-state index in [0.29, 0.717) is 5.52 Å². The van der Waals surface area contributed by atoms with Crippen LogP contribution in [0.2, 0.25) is 0 Å². The van der Waals surface area contributed by atoms with Crippen molar-refractivity contribution in [3.8, 4) is 0 Å². The fourth-order valence-corrected chi connectivity index (χ4v) is 1.66. The van der Waals surface area contributed by atoms with Crippen LogP contribution in [-0.4, -0.2) is 33.6 Å². The molecule has 2 aromatic rings. The number of hydrogen-bond donors (Lipinski definition) is 0. The van der Waals surface area contributed by atoms with Crippen molar-refractivity contribution in [2.24, 2.45) is 0 Å². The Labute approximate surface area is 98.6 Å². The first-order chi connectivity index (χ1) is 8.15. The lowest BCUT2D eigenvalue weighted by Crippen LogP contribution is -2.39. The van der Waals surface area contributed by atoms with E-state index in [-0.39, 0.29) is 6.04 Å². The first-order valence-corrected chi connectivity index (χ1v) is 5.45. The molecule has 0 unspecified atom stereocenters. The van der Waals surface area contributed by atoms with Crippen LogP contribution in [0.3, 0.4) is 0 Å². The minimum Gasteiger partial charge on any atom is -0.292 e. The summed E-state index contributed by atoms with van der Waals surface area (Å²) in [6, 6.07) is 6.70. The summed E-state index contributed by atoms with van der Waals surface area (Å²) in [6.07, 6.45) is 1.60. The molecule has 0 atom stereocenters. The van der Waals surface area contributed by atoms with Crippen LogP contribution in [0.15, 0.2) is 30.5 Å². The SMILES string of the molecule is CC(C)N(CF)C(=O)n1ncc2ccccc21. The molecule has 1 aromatic carbocycles. The Hall–Kier alpha value is -1.91. The maximum absolute atomic E-state index is 12.8. The van der Waals surface area contributed by atoms with Gasteiger partial charge in [-0.1, -0.05) is 18.2 Å². The van der Waals surface area contributed by atoms with Gasteiger partial charge in [-0.25, -0.2) is 9.18 Å². The van der Waals surface area contributed by atoms with Crippen LogP contribution in [0, 0.1) is 0 Å². The quantitative estimate of drug-likeness (QED) is 0.750. The molecule has 0 aliphatic heterocycles. The van der Waals surface area contributed by atoms with E-state index in [9.17, 15) is 9.18 Å². The van der Waals surface area contributed by atoms with E-state index in [1.54, 1.807) is 26.1 Å². The van der Waals surface area contributed by atoms with Gasteiger partial charge < -0.3 is 0 Å². The molecule has 4 nitrogen and oxygen atoms in total. The van der Waals surface area contributed by atoms with Crippen LogP contribution in [0.4, 0.5) is 9.18 Å². The van der Waals surface area contributed by atoms with Gasteiger partial charge in [0.1, 0.15) is 0 Å². The zero-order chi connectivity index (χ0) is 12.4. The van der Waals surface area contributed by atoms with E-state index in [4.69, 9.17) is 0 Å². The van der Waals surface area contributed by atoms with Crippen molar-refractivity contribution in [3.63, 3.8) is 0 Å². The Morgan fingerprint density at radius 3 is 2.82 bits per heavy atom. The van der Waals surface area contributed by atoms with Crippen molar-refractivity contribution in [2.45, 2.75) is 19.9 Å².